The largest absolute Gasteiger partial charge is 0.306 e. The van der Waals surface area contributed by atoms with Crippen molar-refractivity contribution in [2.75, 3.05) is 7.05 Å². The Bertz CT molecular complexity index is 283. The zero-order valence-corrected chi connectivity index (χ0v) is 7.84. The van der Waals surface area contributed by atoms with Gasteiger partial charge >= 0.3 is 0 Å². The number of nitrogens with zero attached hydrogens (tertiary/aromatic N) is 1. The lowest BCUT2D eigenvalue weighted by molar-refractivity contribution is -0.109. The van der Waals surface area contributed by atoms with Crippen LogP contribution < -0.4 is 5.32 Å². The van der Waals surface area contributed by atoms with Crippen molar-refractivity contribution in [1.29, 1.82) is 0 Å². The minimum absolute atomic E-state index is 0. The number of pyridine rings is 1. The minimum Gasteiger partial charge on any atom is -0.306 e. The first-order valence-corrected chi connectivity index (χ1v) is 3.53. The lowest BCUT2D eigenvalue weighted by atomic mass is 10.2. The highest BCUT2D eigenvalue weighted by atomic mass is 35.5. The van der Waals surface area contributed by atoms with E-state index in [4.69, 9.17) is 0 Å². The second kappa shape index (κ2) is 5.61. The molecule has 0 saturated heterocycles. The maximum absolute atomic E-state index is 12.5. The first-order chi connectivity index (χ1) is 5.77. The third-order valence-corrected chi connectivity index (χ3v) is 1.50. The van der Waals surface area contributed by atoms with Crippen LogP contribution in [0.1, 0.15) is 11.7 Å². The molecule has 0 amide bonds. The molecular weight excluding hydrogens is 195 g/mol. The number of hydrogen-bond donors (Lipinski definition) is 1. The maximum atomic E-state index is 12.5. The van der Waals surface area contributed by atoms with Gasteiger partial charge in [0.15, 0.2) is 0 Å². The minimum atomic E-state index is -0.574. The second-order valence-corrected chi connectivity index (χ2v) is 2.29. The van der Waals surface area contributed by atoms with E-state index in [1.807, 2.05) is 0 Å². The topological polar surface area (TPSA) is 42.0 Å². The molecule has 1 aromatic heterocycles. The number of likely N-dealkylation sites (N-methyl/N-ethyl adjacent to an activating group) is 1. The number of rotatable bonds is 3. The summed E-state index contributed by atoms with van der Waals surface area (Å²) in [7, 11) is 1.62. The van der Waals surface area contributed by atoms with Gasteiger partial charge in [-0.1, -0.05) is 6.07 Å². The van der Waals surface area contributed by atoms with Crippen LogP contribution in [0, 0.1) is 5.95 Å². The molecule has 0 bridgehead atoms. The fourth-order valence-corrected chi connectivity index (χ4v) is 0.883. The number of halogens is 2. The summed E-state index contributed by atoms with van der Waals surface area (Å²) in [5, 5.41) is 2.70. The molecule has 0 aliphatic heterocycles. The van der Waals surface area contributed by atoms with Gasteiger partial charge in [0.05, 0.1) is 5.69 Å². The van der Waals surface area contributed by atoms with E-state index in [1.165, 1.54) is 12.1 Å². The Morgan fingerprint density at radius 1 is 1.62 bits per heavy atom. The van der Waals surface area contributed by atoms with E-state index in [0.29, 0.717) is 12.0 Å². The van der Waals surface area contributed by atoms with Gasteiger partial charge in [-0.25, -0.2) is 4.98 Å². The number of carbonyl (C=O) groups is 1. The molecule has 0 fully saturated rings. The molecule has 13 heavy (non-hydrogen) atoms. The molecular formula is C8H10ClFN2O. The van der Waals surface area contributed by atoms with Crippen LogP contribution in [-0.4, -0.2) is 18.3 Å². The summed E-state index contributed by atoms with van der Waals surface area (Å²) < 4.78 is 12.5. The van der Waals surface area contributed by atoms with Gasteiger partial charge in [0.1, 0.15) is 12.3 Å². The summed E-state index contributed by atoms with van der Waals surface area (Å²) in [6.07, 6.45) is 0.682. The fraction of sp³-hybridized carbons (Fsp3) is 0.250. The Morgan fingerprint density at radius 2 is 2.31 bits per heavy atom. The Balaban J connectivity index is 0.00000144. The third kappa shape index (κ3) is 3.08. The molecule has 0 saturated carbocycles. The van der Waals surface area contributed by atoms with E-state index in [0.717, 1.165) is 0 Å². The standard InChI is InChI=1S/C8H9FN2O.ClH/c1-10-7(5-12)6-3-2-4-8(9)11-6;/h2-5,7,10H,1H3;1H/t7-;/m1./s1. The first-order valence-electron chi connectivity index (χ1n) is 3.53. The summed E-state index contributed by atoms with van der Waals surface area (Å²) >= 11 is 0. The van der Waals surface area contributed by atoms with Crippen molar-refractivity contribution in [3.8, 4) is 0 Å². The van der Waals surface area contributed by atoms with E-state index < -0.39 is 12.0 Å². The summed E-state index contributed by atoms with van der Waals surface area (Å²) in [6, 6.07) is 3.83. The summed E-state index contributed by atoms with van der Waals surface area (Å²) in [4.78, 5) is 14.0. The van der Waals surface area contributed by atoms with Crippen molar-refractivity contribution < 1.29 is 9.18 Å². The SMILES string of the molecule is CN[C@H](C=O)c1cccc(F)n1.Cl. The quantitative estimate of drug-likeness (QED) is 0.592. The van der Waals surface area contributed by atoms with Gasteiger partial charge in [-0.05, 0) is 19.2 Å². The van der Waals surface area contributed by atoms with E-state index in [1.54, 1.807) is 13.1 Å². The smallest absolute Gasteiger partial charge is 0.213 e. The van der Waals surface area contributed by atoms with Gasteiger partial charge in [-0.15, -0.1) is 12.4 Å². The van der Waals surface area contributed by atoms with Crippen molar-refractivity contribution >= 4 is 18.7 Å². The Kier molecular flexibility index (Phi) is 5.18. The van der Waals surface area contributed by atoms with Gasteiger partial charge < -0.3 is 10.1 Å². The molecule has 0 aromatic carbocycles. The van der Waals surface area contributed by atoms with Gasteiger partial charge in [0, 0.05) is 0 Å². The molecule has 1 heterocycles. The van der Waals surface area contributed by atoms with Gasteiger partial charge in [-0.3, -0.25) is 0 Å². The predicted octanol–water partition coefficient (Wildman–Crippen LogP) is 1.10. The van der Waals surface area contributed by atoms with Gasteiger partial charge in [-0.2, -0.15) is 4.39 Å². The summed E-state index contributed by atoms with van der Waals surface area (Å²) in [5.74, 6) is -0.574. The lowest BCUT2D eigenvalue weighted by Crippen LogP contribution is -2.18. The van der Waals surface area contributed by atoms with Crippen LogP contribution in [-0.2, 0) is 4.79 Å². The molecule has 0 aliphatic carbocycles. The molecule has 1 rings (SSSR count). The zero-order valence-electron chi connectivity index (χ0n) is 7.03. The predicted molar refractivity (Wildman–Crippen MR) is 49.3 cm³/mol. The molecule has 0 unspecified atom stereocenters. The van der Waals surface area contributed by atoms with Crippen molar-refractivity contribution in [3.63, 3.8) is 0 Å². The van der Waals surface area contributed by atoms with Crippen molar-refractivity contribution in [2.24, 2.45) is 0 Å². The van der Waals surface area contributed by atoms with E-state index in [-0.39, 0.29) is 12.4 Å². The highest BCUT2D eigenvalue weighted by Crippen LogP contribution is 2.06. The highest BCUT2D eigenvalue weighted by molar-refractivity contribution is 5.85. The number of carbonyl (C=O) groups excluding carboxylic acids is 1. The zero-order chi connectivity index (χ0) is 8.97. The van der Waals surface area contributed by atoms with Gasteiger partial charge in [0.2, 0.25) is 5.95 Å². The molecule has 72 valence electrons. The molecule has 3 nitrogen and oxygen atoms in total. The maximum Gasteiger partial charge on any atom is 0.213 e. The van der Waals surface area contributed by atoms with Crippen LogP contribution in [0.2, 0.25) is 0 Å². The van der Waals surface area contributed by atoms with Crippen LogP contribution in [0.25, 0.3) is 0 Å². The van der Waals surface area contributed by atoms with Crippen LogP contribution in [0.5, 0.6) is 0 Å². The molecule has 1 N–H and O–H groups in total. The molecule has 1 atom stereocenters. The van der Waals surface area contributed by atoms with Crippen LogP contribution in [0.3, 0.4) is 0 Å². The van der Waals surface area contributed by atoms with Crippen LogP contribution in [0.4, 0.5) is 4.39 Å². The fourth-order valence-electron chi connectivity index (χ4n) is 0.883. The van der Waals surface area contributed by atoms with Crippen LogP contribution in [0.15, 0.2) is 18.2 Å². The number of aromatic nitrogens is 1. The average molecular weight is 205 g/mol. The number of nitrogens with one attached hydrogen (secondary N) is 1. The Morgan fingerprint density at radius 3 is 2.77 bits per heavy atom. The van der Waals surface area contributed by atoms with Gasteiger partial charge in [0.25, 0.3) is 0 Å². The van der Waals surface area contributed by atoms with Crippen molar-refractivity contribution in [3.05, 3.63) is 29.8 Å². The summed E-state index contributed by atoms with van der Waals surface area (Å²) in [5.41, 5.74) is 0.396. The summed E-state index contributed by atoms with van der Waals surface area (Å²) in [6.45, 7) is 0. The van der Waals surface area contributed by atoms with Crippen LogP contribution >= 0.6 is 12.4 Å². The first kappa shape index (κ1) is 12.0. The molecule has 5 heteroatoms. The molecule has 0 aliphatic rings. The number of hydrogen-bond acceptors (Lipinski definition) is 3. The monoisotopic (exact) mass is 204 g/mol. The normalized spacial score (nSPS) is 11.5. The van der Waals surface area contributed by atoms with E-state index in [2.05, 4.69) is 10.3 Å². The molecule has 0 radical (unpaired) electrons. The Labute approximate surface area is 81.8 Å². The Hall–Kier alpha value is -1.00. The second-order valence-electron chi connectivity index (χ2n) is 2.29. The number of aldehydes is 1. The van der Waals surface area contributed by atoms with Crippen molar-refractivity contribution in [2.45, 2.75) is 6.04 Å². The third-order valence-electron chi connectivity index (χ3n) is 1.50. The molecule has 1 aromatic rings. The van der Waals surface area contributed by atoms with Crippen molar-refractivity contribution in [1.82, 2.24) is 10.3 Å². The highest BCUT2D eigenvalue weighted by Gasteiger charge is 2.08. The lowest BCUT2D eigenvalue weighted by Gasteiger charge is -2.06. The molecule has 0 spiro atoms. The average Bonchev–Trinajstić information content (AvgIpc) is 2.07. The van der Waals surface area contributed by atoms with E-state index >= 15 is 0 Å². The van der Waals surface area contributed by atoms with E-state index in [9.17, 15) is 9.18 Å².